The molecule has 0 atom stereocenters. The van der Waals surface area contributed by atoms with Crippen molar-refractivity contribution in [3.8, 4) is 0 Å². The summed E-state index contributed by atoms with van der Waals surface area (Å²) in [7, 11) is -3.90. The molecule has 1 aliphatic heterocycles. The molecule has 0 spiro atoms. The molecule has 1 heterocycles. The van der Waals surface area contributed by atoms with Gasteiger partial charge in [0.05, 0.1) is 10.6 Å². The number of nitrogens with zero attached hydrogens (tertiary/aromatic N) is 2. The van der Waals surface area contributed by atoms with Crippen LogP contribution in [-0.2, 0) is 14.8 Å². The van der Waals surface area contributed by atoms with Crippen LogP contribution in [0.15, 0.2) is 53.4 Å². The van der Waals surface area contributed by atoms with Crippen LogP contribution in [0.4, 0.5) is 5.69 Å². The Morgan fingerprint density at radius 1 is 1.07 bits per heavy atom. The number of likely N-dealkylation sites (tertiary alicyclic amines) is 1. The van der Waals surface area contributed by atoms with Crippen LogP contribution in [0.1, 0.15) is 25.3 Å². The second kappa shape index (κ2) is 8.53. The van der Waals surface area contributed by atoms with Crippen LogP contribution >= 0.6 is 11.6 Å². The number of hydrogen-bond donors (Lipinski definition) is 0. The molecule has 5 nitrogen and oxygen atoms in total. The van der Waals surface area contributed by atoms with Crippen LogP contribution in [0.2, 0.25) is 5.02 Å². The van der Waals surface area contributed by atoms with E-state index in [-0.39, 0.29) is 17.3 Å². The molecule has 28 heavy (non-hydrogen) atoms. The number of anilines is 1. The fraction of sp³-hybridized carbons (Fsp3) is 0.381. The number of amides is 1. The molecule has 3 rings (SSSR count). The Morgan fingerprint density at radius 3 is 2.21 bits per heavy atom. The highest BCUT2D eigenvalue weighted by molar-refractivity contribution is 7.92. The molecular formula is C21H25ClN2O3S. The molecule has 0 saturated carbocycles. The maximum absolute atomic E-state index is 13.3. The van der Waals surface area contributed by atoms with Crippen LogP contribution in [-0.4, -0.2) is 38.9 Å². The van der Waals surface area contributed by atoms with Gasteiger partial charge < -0.3 is 4.90 Å². The molecule has 1 amide bonds. The van der Waals surface area contributed by atoms with E-state index in [1.165, 1.54) is 28.6 Å². The molecule has 7 heteroatoms. The fourth-order valence-corrected chi connectivity index (χ4v) is 4.78. The Hall–Kier alpha value is -2.05. The summed E-state index contributed by atoms with van der Waals surface area (Å²) in [4.78, 5) is 14.8. The third-order valence-corrected chi connectivity index (χ3v) is 7.18. The van der Waals surface area contributed by atoms with Gasteiger partial charge in [-0.1, -0.05) is 36.2 Å². The quantitative estimate of drug-likeness (QED) is 0.731. The summed E-state index contributed by atoms with van der Waals surface area (Å²) < 4.78 is 27.8. The summed E-state index contributed by atoms with van der Waals surface area (Å²) in [5, 5.41) is 0.458. The van der Waals surface area contributed by atoms with Gasteiger partial charge in [-0.2, -0.15) is 0 Å². The number of benzene rings is 2. The van der Waals surface area contributed by atoms with E-state index in [0.717, 1.165) is 18.4 Å². The molecule has 0 N–H and O–H groups in total. The highest BCUT2D eigenvalue weighted by Crippen LogP contribution is 2.26. The summed E-state index contributed by atoms with van der Waals surface area (Å²) in [6, 6.07) is 13.1. The van der Waals surface area contributed by atoms with Crippen LogP contribution < -0.4 is 4.31 Å². The molecule has 0 aliphatic carbocycles. The summed E-state index contributed by atoms with van der Waals surface area (Å²) in [5.74, 6) is 0.417. The zero-order valence-electron chi connectivity index (χ0n) is 16.1. The van der Waals surface area contributed by atoms with E-state index in [0.29, 0.717) is 29.7 Å². The average molecular weight is 421 g/mol. The number of carbonyl (C=O) groups is 1. The minimum absolute atomic E-state index is 0.109. The van der Waals surface area contributed by atoms with Crippen LogP contribution in [0.25, 0.3) is 0 Å². The molecule has 0 unspecified atom stereocenters. The Bertz CT molecular complexity index is 919. The lowest BCUT2D eigenvalue weighted by molar-refractivity contribution is -0.130. The van der Waals surface area contributed by atoms with E-state index < -0.39 is 10.0 Å². The normalized spacial score (nSPS) is 15.5. The van der Waals surface area contributed by atoms with Crippen molar-refractivity contribution in [2.75, 3.05) is 23.9 Å². The Morgan fingerprint density at radius 2 is 1.64 bits per heavy atom. The van der Waals surface area contributed by atoms with E-state index in [1.807, 2.05) is 19.1 Å². The zero-order valence-corrected chi connectivity index (χ0v) is 17.7. The van der Waals surface area contributed by atoms with E-state index >= 15 is 0 Å². The predicted molar refractivity (Wildman–Crippen MR) is 112 cm³/mol. The number of piperidine rings is 1. The van der Waals surface area contributed by atoms with Gasteiger partial charge in [-0.3, -0.25) is 9.10 Å². The van der Waals surface area contributed by atoms with Gasteiger partial charge in [0.15, 0.2) is 0 Å². The summed E-state index contributed by atoms with van der Waals surface area (Å²) in [6.45, 7) is 5.22. The van der Waals surface area contributed by atoms with Crippen molar-refractivity contribution in [1.29, 1.82) is 0 Å². The second-order valence-electron chi connectivity index (χ2n) is 7.36. The van der Waals surface area contributed by atoms with Crippen molar-refractivity contribution in [3.05, 3.63) is 59.1 Å². The third-order valence-electron chi connectivity index (χ3n) is 5.14. The summed E-state index contributed by atoms with van der Waals surface area (Å²) in [6.07, 6.45) is 1.89. The minimum Gasteiger partial charge on any atom is -0.341 e. The Kier molecular flexibility index (Phi) is 6.30. The Balaban J connectivity index is 1.92. The van der Waals surface area contributed by atoms with Crippen molar-refractivity contribution >= 4 is 33.2 Å². The number of halogens is 1. The standard InChI is InChI=1S/C21H25ClN2O3S/c1-16-3-7-19(8-4-16)24(15-21(25)23-13-11-17(2)12-14-23)28(26,27)20-9-5-18(22)6-10-20/h3-10,17H,11-15H2,1-2H3. The molecular weight excluding hydrogens is 396 g/mol. The van der Waals surface area contributed by atoms with Crippen LogP contribution in [0.5, 0.6) is 0 Å². The van der Waals surface area contributed by atoms with E-state index in [1.54, 1.807) is 17.0 Å². The average Bonchev–Trinajstić information content (AvgIpc) is 2.67. The molecule has 0 aromatic heterocycles. The van der Waals surface area contributed by atoms with E-state index in [2.05, 4.69) is 6.92 Å². The van der Waals surface area contributed by atoms with Gasteiger partial charge in [0.1, 0.15) is 6.54 Å². The first-order valence-electron chi connectivity index (χ1n) is 9.40. The lowest BCUT2D eigenvalue weighted by Gasteiger charge is -2.32. The molecule has 1 aliphatic rings. The molecule has 150 valence electrons. The van der Waals surface area contributed by atoms with Crippen molar-refractivity contribution < 1.29 is 13.2 Å². The second-order valence-corrected chi connectivity index (χ2v) is 9.66. The largest absolute Gasteiger partial charge is 0.341 e. The number of sulfonamides is 1. The molecule has 2 aromatic rings. The topological polar surface area (TPSA) is 57.7 Å². The SMILES string of the molecule is Cc1ccc(N(CC(=O)N2CCC(C)CC2)S(=O)(=O)c2ccc(Cl)cc2)cc1. The first-order chi connectivity index (χ1) is 13.3. The molecule has 1 saturated heterocycles. The van der Waals surface area contributed by atoms with Gasteiger partial charge in [0.2, 0.25) is 5.91 Å². The molecule has 2 aromatic carbocycles. The number of aryl methyl sites for hydroxylation is 1. The van der Waals surface area contributed by atoms with Gasteiger partial charge in [-0.15, -0.1) is 0 Å². The predicted octanol–water partition coefficient (Wildman–Crippen LogP) is 4.10. The summed E-state index contributed by atoms with van der Waals surface area (Å²) >= 11 is 5.90. The van der Waals surface area contributed by atoms with Gasteiger partial charge in [-0.05, 0) is 62.1 Å². The highest BCUT2D eigenvalue weighted by Gasteiger charge is 2.30. The molecule has 0 radical (unpaired) electrons. The first-order valence-corrected chi connectivity index (χ1v) is 11.2. The molecule has 1 fully saturated rings. The zero-order chi connectivity index (χ0) is 20.3. The van der Waals surface area contributed by atoms with Crippen molar-refractivity contribution in [1.82, 2.24) is 4.90 Å². The number of hydrogen-bond acceptors (Lipinski definition) is 3. The minimum atomic E-state index is -3.90. The van der Waals surface area contributed by atoms with Crippen LogP contribution in [0.3, 0.4) is 0 Å². The van der Waals surface area contributed by atoms with Crippen LogP contribution in [0, 0.1) is 12.8 Å². The van der Waals surface area contributed by atoms with Gasteiger partial charge in [0.25, 0.3) is 10.0 Å². The summed E-state index contributed by atoms with van der Waals surface area (Å²) in [5.41, 5.74) is 1.49. The van der Waals surface area contributed by atoms with Crippen molar-refractivity contribution in [3.63, 3.8) is 0 Å². The number of carbonyl (C=O) groups excluding carboxylic acids is 1. The highest BCUT2D eigenvalue weighted by atomic mass is 35.5. The van der Waals surface area contributed by atoms with Gasteiger partial charge in [-0.25, -0.2) is 8.42 Å². The van der Waals surface area contributed by atoms with Crippen molar-refractivity contribution in [2.45, 2.75) is 31.6 Å². The lowest BCUT2D eigenvalue weighted by Crippen LogP contribution is -2.45. The fourth-order valence-electron chi connectivity index (χ4n) is 3.24. The van der Waals surface area contributed by atoms with Gasteiger partial charge >= 0.3 is 0 Å². The van der Waals surface area contributed by atoms with Crippen molar-refractivity contribution in [2.24, 2.45) is 5.92 Å². The maximum Gasteiger partial charge on any atom is 0.264 e. The Labute approximate surface area is 172 Å². The smallest absolute Gasteiger partial charge is 0.264 e. The first kappa shape index (κ1) is 20.7. The monoisotopic (exact) mass is 420 g/mol. The molecule has 0 bridgehead atoms. The lowest BCUT2D eigenvalue weighted by atomic mass is 9.99. The van der Waals surface area contributed by atoms with E-state index in [9.17, 15) is 13.2 Å². The maximum atomic E-state index is 13.3. The third kappa shape index (κ3) is 4.67. The number of rotatable bonds is 5. The van der Waals surface area contributed by atoms with E-state index in [4.69, 9.17) is 11.6 Å². The van der Waals surface area contributed by atoms with Gasteiger partial charge in [0, 0.05) is 18.1 Å².